The molecule has 0 aromatic heterocycles. The van der Waals surface area contributed by atoms with Crippen molar-refractivity contribution >= 4 is 5.69 Å². The van der Waals surface area contributed by atoms with Gasteiger partial charge in [0.05, 0.1) is 6.61 Å². The molecule has 0 radical (unpaired) electrons. The lowest BCUT2D eigenvalue weighted by Crippen LogP contribution is -2.22. The van der Waals surface area contributed by atoms with Crippen molar-refractivity contribution in [3.8, 4) is 5.75 Å². The van der Waals surface area contributed by atoms with Gasteiger partial charge in [-0.05, 0) is 49.1 Å². The number of nitrogens with one attached hydrogen (secondary N) is 1. The van der Waals surface area contributed by atoms with Crippen molar-refractivity contribution in [3.05, 3.63) is 23.8 Å². The van der Waals surface area contributed by atoms with Crippen LogP contribution in [0.4, 0.5) is 5.69 Å². The summed E-state index contributed by atoms with van der Waals surface area (Å²) in [6, 6.07) is 6.37. The lowest BCUT2D eigenvalue weighted by molar-refractivity contribution is 0.288. The van der Waals surface area contributed by atoms with E-state index < -0.39 is 0 Å². The highest BCUT2D eigenvalue weighted by atomic mass is 16.5. The highest BCUT2D eigenvalue weighted by Crippen LogP contribution is 2.27. The maximum absolute atomic E-state index is 5.70. The van der Waals surface area contributed by atoms with Gasteiger partial charge < -0.3 is 15.8 Å². The zero-order chi connectivity index (χ0) is 12.1. The number of aryl methyl sites for hydroxylation is 1. The van der Waals surface area contributed by atoms with Gasteiger partial charge in [0.2, 0.25) is 0 Å². The van der Waals surface area contributed by atoms with E-state index in [-0.39, 0.29) is 0 Å². The van der Waals surface area contributed by atoms with Gasteiger partial charge in [-0.1, -0.05) is 13.3 Å². The van der Waals surface area contributed by atoms with Gasteiger partial charge in [0.1, 0.15) is 5.75 Å². The van der Waals surface area contributed by atoms with E-state index in [9.17, 15) is 0 Å². The molecule has 3 heteroatoms. The molecule has 0 bridgehead atoms. The Kier molecular flexibility index (Phi) is 4.26. The molecule has 17 heavy (non-hydrogen) atoms. The fourth-order valence-electron chi connectivity index (χ4n) is 2.13. The Morgan fingerprint density at radius 3 is 3.12 bits per heavy atom. The van der Waals surface area contributed by atoms with Crippen molar-refractivity contribution in [1.82, 2.24) is 0 Å². The van der Waals surface area contributed by atoms with E-state index in [2.05, 4.69) is 30.4 Å². The van der Waals surface area contributed by atoms with Gasteiger partial charge in [-0.2, -0.15) is 0 Å². The number of hydrogen-bond donors (Lipinski definition) is 2. The van der Waals surface area contributed by atoms with Crippen LogP contribution in [0.25, 0.3) is 0 Å². The van der Waals surface area contributed by atoms with Crippen LogP contribution in [0.2, 0.25) is 0 Å². The Morgan fingerprint density at radius 1 is 1.47 bits per heavy atom. The van der Waals surface area contributed by atoms with Crippen molar-refractivity contribution in [3.63, 3.8) is 0 Å². The molecule has 1 aromatic carbocycles. The first kappa shape index (κ1) is 12.2. The highest BCUT2D eigenvalue weighted by molar-refractivity contribution is 5.51. The molecule has 1 aliphatic rings. The largest absolute Gasteiger partial charge is 0.493 e. The van der Waals surface area contributed by atoms with Crippen LogP contribution in [-0.2, 0) is 6.42 Å². The van der Waals surface area contributed by atoms with E-state index in [0.717, 1.165) is 44.7 Å². The second-order valence-electron chi connectivity index (χ2n) is 4.67. The number of anilines is 1. The maximum atomic E-state index is 5.70. The zero-order valence-electron chi connectivity index (χ0n) is 10.5. The standard InChI is InChI=1S/C14H22N2O/c1-2-11(9-15)10-16-13-5-6-14-12(8-13)4-3-7-17-14/h5-6,8,11,16H,2-4,7,9-10,15H2,1H3. The van der Waals surface area contributed by atoms with E-state index in [1.807, 2.05) is 0 Å². The van der Waals surface area contributed by atoms with Gasteiger partial charge in [0.25, 0.3) is 0 Å². The summed E-state index contributed by atoms with van der Waals surface area (Å²) in [6.07, 6.45) is 3.37. The second kappa shape index (κ2) is 5.92. The third-order valence-electron chi connectivity index (χ3n) is 3.41. The monoisotopic (exact) mass is 234 g/mol. The van der Waals surface area contributed by atoms with E-state index >= 15 is 0 Å². The molecule has 1 atom stereocenters. The smallest absolute Gasteiger partial charge is 0.122 e. The highest BCUT2D eigenvalue weighted by Gasteiger charge is 2.10. The third kappa shape index (κ3) is 3.13. The second-order valence-corrected chi connectivity index (χ2v) is 4.67. The Bertz CT molecular complexity index is 361. The summed E-state index contributed by atoms with van der Waals surface area (Å²) < 4.78 is 5.60. The predicted octanol–water partition coefficient (Wildman–Crippen LogP) is 2.41. The molecular formula is C14H22N2O. The van der Waals surface area contributed by atoms with Crippen LogP contribution in [0, 0.1) is 5.92 Å². The van der Waals surface area contributed by atoms with Gasteiger partial charge in [-0.25, -0.2) is 0 Å². The number of ether oxygens (including phenoxy) is 1. The fraction of sp³-hybridized carbons (Fsp3) is 0.571. The molecule has 0 saturated carbocycles. The summed E-state index contributed by atoms with van der Waals surface area (Å²) in [7, 11) is 0. The van der Waals surface area contributed by atoms with Crippen LogP contribution in [0.3, 0.4) is 0 Å². The number of fused-ring (bicyclic) bond motifs is 1. The van der Waals surface area contributed by atoms with E-state index in [4.69, 9.17) is 10.5 Å². The minimum Gasteiger partial charge on any atom is -0.493 e. The van der Waals surface area contributed by atoms with Crippen LogP contribution in [0.5, 0.6) is 5.75 Å². The molecule has 1 aromatic rings. The van der Waals surface area contributed by atoms with Gasteiger partial charge in [-0.15, -0.1) is 0 Å². The molecule has 0 amide bonds. The first-order valence-corrected chi connectivity index (χ1v) is 6.53. The van der Waals surface area contributed by atoms with Gasteiger partial charge in [0.15, 0.2) is 0 Å². The van der Waals surface area contributed by atoms with E-state index in [1.54, 1.807) is 0 Å². The summed E-state index contributed by atoms with van der Waals surface area (Å²) in [5.41, 5.74) is 8.20. The Morgan fingerprint density at radius 2 is 2.35 bits per heavy atom. The quantitative estimate of drug-likeness (QED) is 0.822. The molecule has 0 spiro atoms. The van der Waals surface area contributed by atoms with Gasteiger partial charge in [0, 0.05) is 12.2 Å². The van der Waals surface area contributed by atoms with Gasteiger partial charge in [-0.3, -0.25) is 0 Å². The van der Waals surface area contributed by atoms with Crippen LogP contribution >= 0.6 is 0 Å². The number of benzene rings is 1. The van der Waals surface area contributed by atoms with E-state index in [0.29, 0.717) is 5.92 Å². The average Bonchev–Trinajstić information content (AvgIpc) is 2.40. The summed E-state index contributed by atoms with van der Waals surface area (Å²) in [5.74, 6) is 1.61. The fourth-order valence-corrected chi connectivity index (χ4v) is 2.13. The van der Waals surface area contributed by atoms with Crippen LogP contribution < -0.4 is 15.8 Å². The lowest BCUT2D eigenvalue weighted by atomic mass is 10.0. The summed E-state index contributed by atoms with van der Waals surface area (Å²) >= 11 is 0. The van der Waals surface area contributed by atoms with Crippen molar-refractivity contribution < 1.29 is 4.74 Å². The molecule has 94 valence electrons. The number of nitrogens with two attached hydrogens (primary N) is 1. The van der Waals surface area contributed by atoms with Crippen molar-refractivity contribution in [2.24, 2.45) is 11.7 Å². The summed E-state index contributed by atoms with van der Waals surface area (Å²) in [6.45, 7) is 4.73. The topological polar surface area (TPSA) is 47.3 Å². The van der Waals surface area contributed by atoms with Crippen molar-refractivity contribution in [2.75, 3.05) is 25.0 Å². The predicted molar refractivity (Wildman–Crippen MR) is 71.6 cm³/mol. The Hall–Kier alpha value is -1.22. The van der Waals surface area contributed by atoms with Crippen molar-refractivity contribution in [1.29, 1.82) is 0 Å². The van der Waals surface area contributed by atoms with Crippen LogP contribution in [-0.4, -0.2) is 19.7 Å². The Balaban J connectivity index is 1.97. The maximum Gasteiger partial charge on any atom is 0.122 e. The van der Waals surface area contributed by atoms with E-state index in [1.165, 1.54) is 11.3 Å². The number of rotatable bonds is 5. The molecule has 3 N–H and O–H groups in total. The number of hydrogen-bond acceptors (Lipinski definition) is 3. The van der Waals surface area contributed by atoms with Gasteiger partial charge >= 0.3 is 0 Å². The lowest BCUT2D eigenvalue weighted by Gasteiger charge is -2.19. The molecule has 1 heterocycles. The van der Waals surface area contributed by atoms with Crippen LogP contribution in [0.15, 0.2) is 18.2 Å². The zero-order valence-corrected chi connectivity index (χ0v) is 10.5. The minimum absolute atomic E-state index is 0.558. The van der Waals surface area contributed by atoms with Crippen molar-refractivity contribution in [2.45, 2.75) is 26.2 Å². The Labute approximate surface area is 103 Å². The van der Waals surface area contributed by atoms with Crippen LogP contribution in [0.1, 0.15) is 25.3 Å². The first-order chi connectivity index (χ1) is 8.33. The molecule has 0 fully saturated rings. The molecule has 1 aliphatic heterocycles. The molecule has 1 unspecified atom stereocenters. The SMILES string of the molecule is CCC(CN)CNc1ccc2c(c1)CCCO2. The molecule has 0 saturated heterocycles. The third-order valence-corrected chi connectivity index (χ3v) is 3.41. The molecule has 3 nitrogen and oxygen atoms in total. The normalized spacial score (nSPS) is 15.9. The average molecular weight is 234 g/mol. The summed E-state index contributed by atoms with van der Waals surface area (Å²) in [5, 5.41) is 3.46. The first-order valence-electron chi connectivity index (χ1n) is 6.53. The summed E-state index contributed by atoms with van der Waals surface area (Å²) in [4.78, 5) is 0. The minimum atomic E-state index is 0.558. The molecule has 0 aliphatic carbocycles. The molecule has 2 rings (SSSR count). The molecular weight excluding hydrogens is 212 g/mol.